The number of anilines is 1. The van der Waals surface area contributed by atoms with Gasteiger partial charge in [0.25, 0.3) is 0 Å². The van der Waals surface area contributed by atoms with Crippen LogP contribution in [0.15, 0.2) is 18.2 Å². The van der Waals surface area contributed by atoms with Gasteiger partial charge in [-0.05, 0) is 37.0 Å². The molecule has 1 atom stereocenters. The van der Waals surface area contributed by atoms with Crippen molar-refractivity contribution in [1.29, 1.82) is 0 Å². The predicted molar refractivity (Wildman–Crippen MR) is 80.1 cm³/mol. The number of hydrogen-bond acceptors (Lipinski definition) is 2. The topological polar surface area (TPSA) is 49.4 Å². The molecular weight excluding hydrogens is 299 g/mol. The Bertz CT molecular complexity index is 534. The van der Waals surface area contributed by atoms with E-state index in [9.17, 15) is 9.59 Å². The molecule has 1 aliphatic heterocycles. The van der Waals surface area contributed by atoms with E-state index in [-0.39, 0.29) is 0 Å². The zero-order chi connectivity index (χ0) is 14.7. The highest BCUT2D eigenvalue weighted by Crippen LogP contribution is 2.25. The van der Waals surface area contributed by atoms with Gasteiger partial charge in [0.15, 0.2) is 0 Å². The summed E-state index contributed by atoms with van der Waals surface area (Å²) < 4.78 is 0. The fourth-order valence-electron chi connectivity index (χ4n) is 2.28. The van der Waals surface area contributed by atoms with Crippen molar-refractivity contribution in [2.75, 3.05) is 18.4 Å². The lowest BCUT2D eigenvalue weighted by Crippen LogP contribution is -2.44. The van der Waals surface area contributed by atoms with Crippen molar-refractivity contribution in [3.8, 4) is 0 Å². The maximum absolute atomic E-state index is 12.1. The molecule has 6 heteroatoms. The quantitative estimate of drug-likeness (QED) is 0.809. The first-order chi connectivity index (χ1) is 9.47. The molecule has 0 bridgehead atoms. The number of rotatable bonds is 1. The Morgan fingerprint density at radius 1 is 1.30 bits per heavy atom. The lowest BCUT2D eigenvalue weighted by molar-refractivity contribution is -0.144. The number of benzene rings is 1. The number of likely N-dealkylation sites (tertiary alicyclic amines) is 1. The Morgan fingerprint density at radius 2 is 2.05 bits per heavy atom. The van der Waals surface area contributed by atoms with Crippen LogP contribution in [0, 0.1) is 5.92 Å². The second kappa shape index (κ2) is 6.46. The van der Waals surface area contributed by atoms with Gasteiger partial charge in [-0.15, -0.1) is 0 Å². The van der Waals surface area contributed by atoms with Gasteiger partial charge in [-0.25, -0.2) is 0 Å². The molecule has 1 N–H and O–H groups in total. The Balaban J connectivity index is 2.00. The summed E-state index contributed by atoms with van der Waals surface area (Å²) in [6, 6.07) is 4.71. The zero-order valence-electron chi connectivity index (χ0n) is 11.2. The largest absolute Gasteiger partial charge is 0.334 e. The minimum atomic E-state index is -0.641. The molecule has 1 fully saturated rings. The highest BCUT2D eigenvalue weighted by atomic mass is 35.5. The van der Waals surface area contributed by atoms with Crippen molar-refractivity contribution in [3.63, 3.8) is 0 Å². The van der Waals surface area contributed by atoms with Gasteiger partial charge >= 0.3 is 11.8 Å². The molecule has 0 saturated carbocycles. The number of nitrogens with zero attached hydrogens (tertiary/aromatic N) is 1. The maximum atomic E-state index is 12.1. The first-order valence-electron chi connectivity index (χ1n) is 6.52. The van der Waals surface area contributed by atoms with Crippen molar-refractivity contribution in [1.82, 2.24) is 4.90 Å². The van der Waals surface area contributed by atoms with Crippen molar-refractivity contribution < 1.29 is 9.59 Å². The van der Waals surface area contributed by atoms with Crippen LogP contribution in [0.1, 0.15) is 19.8 Å². The zero-order valence-corrected chi connectivity index (χ0v) is 12.7. The minimum Gasteiger partial charge on any atom is -0.334 e. The van der Waals surface area contributed by atoms with Crippen LogP contribution in [0.5, 0.6) is 0 Å². The van der Waals surface area contributed by atoms with Crippen LogP contribution in [-0.2, 0) is 9.59 Å². The number of nitrogens with one attached hydrogen (secondary N) is 1. The molecule has 0 radical (unpaired) electrons. The average molecular weight is 315 g/mol. The van der Waals surface area contributed by atoms with E-state index < -0.39 is 11.8 Å². The summed E-state index contributed by atoms with van der Waals surface area (Å²) in [6.45, 7) is 3.35. The van der Waals surface area contributed by atoms with E-state index in [1.54, 1.807) is 17.0 Å². The molecule has 1 saturated heterocycles. The van der Waals surface area contributed by atoms with Crippen LogP contribution >= 0.6 is 23.2 Å². The molecule has 1 heterocycles. The van der Waals surface area contributed by atoms with E-state index in [1.807, 2.05) is 0 Å². The van der Waals surface area contributed by atoms with Crippen molar-refractivity contribution in [2.45, 2.75) is 19.8 Å². The molecule has 2 amide bonds. The highest BCUT2D eigenvalue weighted by Gasteiger charge is 2.26. The van der Waals surface area contributed by atoms with E-state index in [1.165, 1.54) is 6.07 Å². The minimum absolute atomic E-state index is 0.337. The third kappa shape index (κ3) is 3.64. The molecule has 4 nitrogen and oxygen atoms in total. The van der Waals surface area contributed by atoms with E-state index in [2.05, 4.69) is 12.2 Å². The van der Waals surface area contributed by atoms with Gasteiger partial charge < -0.3 is 10.2 Å². The summed E-state index contributed by atoms with van der Waals surface area (Å²) in [5.41, 5.74) is 0.461. The van der Waals surface area contributed by atoms with Gasteiger partial charge in [0.05, 0.1) is 10.0 Å². The summed E-state index contributed by atoms with van der Waals surface area (Å²) in [6.07, 6.45) is 2.03. The molecule has 0 aromatic heterocycles. The summed E-state index contributed by atoms with van der Waals surface area (Å²) in [5.74, 6) is -0.703. The first kappa shape index (κ1) is 15.1. The fraction of sp³-hybridized carbons (Fsp3) is 0.429. The summed E-state index contributed by atoms with van der Waals surface area (Å²) in [5, 5.41) is 3.29. The van der Waals surface area contributed by atoms with Crippen molar-refractivity contribution >= 4 is 40.7 Å². The van der Waals surface area contributed by atoms with Crippen LogP contribution in [0.3, 0.4) is 0 Å². The van der Waals surface area contributed by atoms with Gasteiger partial charge in [0, 0.05) is 18.8 Å². The van der Waals surface area contributed by atoms with Crippen LogP contribution < -0.4 is 5.32 Å². The molecule has 20 heavy (non-hydrogen) atoms. The number of hydrogen-bond donors (Lipinski definition) is 1. The molecule has 0 spiro atoms. The molecule has 1 aromatic rings. The molecular formula is C14H16Cl2N2O2. The highest BCUT2D eigenvalue weighted by molar-refractivity contribution is 6.42. The number of carbonyl (C=O) groups excluding carboxylic acids is 2. The lowest BCUT2D eigenvalue weighted by Gasteiger charge is -2.30. The van der Waals surface area contributed by atoms with Crippen molar-refractivity contribution in [3.05, 3.63) is 28.2 Å². The van der Waals surface area contributed by atoms with Crippen LogP contribution in [0.2, 0.25) is 10.0 Å². The van der Waals surface area contributed by atoms with E-state index in [0.717, 1.165) is 12.8 Å². The van der Waals surface area contributed by atoms with Crippen LogP contribution in [0.25, 0.3) is 0 Å². The van der Waals surface area contributed by atoms with Crippen molar-refractivity contribution in [2.24, 2.45) is 5.92 Å². The Labute approximate surface area is 128 Å². The van der Waals surface area contributed by atoms with E-state index in [0.29, 0.717) is 34.7 Å². The second-order valence-electron chi connectivity index (χ2n) is 5.08. The summed E-state index contributed by atoms with van der Waals surface area (Å²) in [7, 11) is 0. The van der Waals surface area contributed by atoms with Gasteiger partial charge in [-0.3, -0.25) is 9.59 Å². The average Bonchev–Trinajstić information content (AvgIpc) is 2.42. The smallest absolute Gasteiger partial charge is 0.313 e. The van der Waals surface area contributed by atoms with Crippen LogP contribution in [0.4, 0.5) is 5.69 Å². The molecule has 2 rings (SSSR count). The fourth-order valence-corrected chi connectivity index (χ4v) is 2.57. The molecule has 0 aliphatic carbocycles. The number of piperidine rings is 1. The molecule has 1 aliphatic rings. The van der Waals surface area contributed by atoms with E-state index in [4.69, 9.17) is 23.2 Å². The summed E-state index contributed by atoms with van der Waals surface area (Å²) >= 11 is 11.7. The second-order valence-corrected chi connectivity index (χ2v) is 5.90. The Morgan fingerprint density at radius 3 is 2.70 bits per heavy atom. The Kier molecular flexibility index (Phi) is 4.89. The maximum Gasteiger partial charge on any atom is 0.313 e. The number of halogens is 2. The third-order valence-corrected chi connectivity index (χ3v) is 4.05. The first-order valence-corrected chi connectivity index (χ1v) is 7.28. The van der Waals surface area contributed by atoms with Crippen LogP contribution in [-0.4, -0.2) is 29.8 Å². The predicted octanol–water partition coefficient (Wildman–Crippen LogP) is 3.19. The van der Waals surface area contributed by atoms with Gasteiger partial charge in [-0.1, -0.05) is 30.1 Å². The lowest BCUT2D eigenvalue weighted by atomic mass is 10.0. The standard InChI is InChI=1S/C14H16Cl2N2O2/c1-9-3-2-6-18(8-9)14(20)13(19)17-10-4-5-11(15)12(16)7-10/h4-5,7,9H,2-3,6,8H2,1H3,(H,17,19). The number of carbonyl (C=O) groups is 2. The Hall–Kier alpha value is -1.26. The van der Waals surface area contributed by atoms with Gasteiger partial charge in [0.2, 0.25) is 0 Å². The summed E-state index contributed by atoms with van der Waals surface area (Å²) in [4.78, 5) is 25.6. The molecule has 1 unspecified atom stereocenters. The van der Waals surface area contributed by atoms with E-state index >= 15 is 0 Å². The SMILES string of the molecule is CC1CCCN(C(=O)C(=O)Nc2ccc(Cl)c(Cl)c2)C1. The molecule has 108 valence electrons. The molecule has 1 aromatic carbocycles. The third-order valence-electron chi connectivity index (χ3n) is 3.32. The number of amides is 2. The van der Waals surface area contributed by atoms with Gasteiger partial charge in [-0.2, -0.15) is 0 Å². The van der Waals surface area contributed by atoms with Gasteiger partial charge in [0.1, 0.15) is 0 Å². The normalized spacial score (nSPS) is 18.8. The monoisotopic (exact) mass is 314 g/mol.